The second-order valence-electron chi connectivity index (χ2n) is 6.29. The van der Waals surface area contributed by atoms with Gasteiger partial charge in [0.1, 0.15) is 5.60 Å². The predicted octanol–water partition coefficient (Wildman–Crippen LogP) is 4.15. The van der Waals surface area contributed by atoms with Crippen LogP contribution in [0.15, 0.2) is 12.4 Å². The Hall–Kier alpha value is -2.10. The first-order valence-electron chi connectivity index (χ1n) is 9.14. The number of nitrogens with zero attached hydrogens (tertiary/aromatic N) is 3. The van der Waals surface area contributed by atoms with Crippen molar-refractivity contribution in [3.05, 3.63) is 18.0 Å². The molecule has 1 heterocycles. The molecule has 3 N–H and O–H groups in total. The number of hydrogen-bond acceptors (Lipinski definition) is 6. The van der Waals surface area contributed by atoms with E-state index in [1.165, 1.54) is 11.9 Å². The summed E-state index contributed by atoms with van der Waals surface area (Å²) in [6.07, 6.45) is -3.49. The van der Waals surface area contributed by atoms with Crippen LogP contribution >= 0.6 is 0 Å². The summed E-state index contributed by atoms with van der Waals surface area (Å²) < 4.78 is 42.7. The number of carbonyl (C=O) groups excluding carboxylic acids is 1. The highest BCUT2D eigenvalue weighted by atomic mass is 19.4. The maximum Gasteiger partial charge on any atom is 0.419 e. The lowest BCUT2D eigenvalue weighted by Gasteiger charge is -2.31. The quantitative estimate of drug-likeness (QED) is 0.759. The van der Waals surface area contributed by atoms with Gasteiger partial charge in [0.25, 0.3) is 0 Å². The minimum atomic E-state index is -4.47. The van der Waals surface area contributed by atoms with Gasteiger partial charge in [-0.25, -0.2) is 14.8 Å². The van der Waals surface area contributed by atoms with Crippen molar-refractivity contribution in [1.29, 1.82) is 0 Å². The Morgan fingerprint density at radius 2 is 1.68 bits per heavy atom. The molecule has 1 atom stereocenters. The highest BCUT2D eigenvalue weighted by Crippen LogP contribution is 2.28. The minimum absolute atomic E-state index is 0.0649. The molecule has 0 aliphatic heterocycles. The van der Waals surface area contributed by atoms with Gasteiger partial charge in [0.2, 0.25) is 5.95 Å². The summed E-state index contributed by atoms with van der Waals surface area (Å²) in [6.45, 7) is 13.6. The summed E-state index contributed by atoms with van der Waals surface area (Å²) >= 11 is 0. The number of aromatic nitrogens is 2. The average Bonchev–Trinajstić information content (AvgIpc) is 2.62. The van der Waals surface area contributed by atoms with Gasteiger partial charge in [-0.2, -0.15) is 13.2 Å². The Balaban J connectivity index is 0. The number of carbonyl (C=O) groups is 1. The maximum absolute atomic E-state index is 12.5. The molecule has 10 heteroatoms. The van der Waals surface area contributed by atoms with Crippen LogP contribution in [0.2, 0.25) is 0 Å². The fourth-order valence-corrected chi connectivity index (χ4v) is 1.86. The van der Waals surface area contributed by atoms with Crippen LogP contribution in [-0.2, 0) is 10.9 Å². The van der Waals surface area contributed by atoms with E-state index in [4.69, 9.17) is 4.74 Å². The van der Waals surface area contributed by atoms with Crippen LogP contribution in [0, 0.1) is 0 Å². The molecule has 0 saturated carbocycles. The average molecular weight is 409 g/mol. The zero-order valence-corrected chi connectivity index (χ0v) is 18.0. The second kappa shape index (κ2) is 13.1. The Bertz CT molecular complexity index is 546. The molecule has 0 saturated heterocycles. The third kappa shape index (κ3) is 10.9. The minimum Gasteiger partial charge on any atom is -0.444 e. The molecule has 0 spiro atoms. The molecule has 164 valence electrons. The van der Waals surface area contributed by atoms with Gasteiger partial charge < -0.3 is 20.7 Å². The lowest BCUT2D eigenvalue weighted by molar-refractivity contribution is -0.138. The Kier molecular flexibility index (Phi) is 13.2. The molecule has 0 aromatic carbocycles. The number of ether oxygens (including phenoxy) is 1. The molecule has 0 aliphatic rings. The van der Waals surface area contributed by atoms with Crippen molar-refractivity contribution >= 4 is 12.0 Å². The van der Waals surface area contributed by atoms with Crippen LogP contribution < -0.4 is 11.1 Å². The van der Waals surface area contributed by atoms with E-state index in [0.29, 0.717) is 18.9 Å². The highest BCUT2D eigenvalue weighted by molar-refractivity contribution is 5.68. The van der Waals surface area contributed by atoms with E-state index in [-0.39, 0.29) is 18.5 Å². The number of rotatable bonds is 5. The number of nitrogens with one attached hydrogen (secondary N) is 1. The van der Waals surface area contributed by atoms with Crippen molar-refractivity contribution < 1.29 is 22.7 Å². The standard InChI is InChI=1S/C15H23F3N4O2.C2H6.CH5N/c1-6-22(13(23)24-14(3,4)5)10(2)7-19-12-20-8-11(9-21-12)15(16,17)18;2*1-2/h8-10H,6-7H2,1-5H3,(H,19,20,21);1-2H3;2H2,1H3. The number of halogens is 3. The summed E-state index contributed by atoms with van der Waals surface area (Å²) in [5.74, 6) is 0.0649. The highest BCUT2D eigenvalue weighted by Gasteiger charge is 2.31. The molecule has 0 fully saturated rings. The summed E-state index contributed by atoms with van der Waals surface area (Å²) in [5, 5.41) is 2.82. The fraction of sp³-hybridized carbons (Fsp3) is 0.722. The van der Waals surface area contributed by atoms with Crippen molar-refractivity contribution in [2.75, 3.05) is 25.5 Å². The van der Waals surface area contributed by atoms with Gasteiger partial charge in [0.05, 0.1) is 5.56 Å². The van der Waals surface area contributed by atoms with Crippen LogP contribution in [0.1, 0.15) is 54.0 Å². The van der Waals surface area contributed by atoms with Crippen LogP contribution in [-0.4, -0.2) is 52.7 Å². The van der Waals surface area contributed by atoms with Crippen molar-refractivity contribution in [3.63, 3.8) is 0 Å². The monoisotopic (exact) mass is 409 g/mol. The number of hydrogen-bond donors (Lipinski definition) is 2. The SMILES string of the molecule is CC.CCN(C(=O)OC(C)(C)C)C(C)CNc1ncc(C(F)(F)F)cn1.CN. The lowest BCUT2D eigenvalue weighted by Crippen LogP contribution is -2.44. The van der Waals surface area contributed by atoms with E-state index in [2.05, 4.69) is 21.0 Å². The van der Waals surface area contributed by atoms with E-state index in [1.807, 2.05) is 20.8 Å². The molecular formula is C18H34F3N5O2. The van der Waals surface area contributed by atoms with E-state index in [9.17, 15) is 18.0 Å². The van der Waals surface area contributed by atoms with E-state index >= 15 is 0 Å². The summed E-state index contributed by atoms with van der Waals surface area (Å²) in [4.78, 5) is 20.9. The van der Waals surface area contributed by atoms with Crippen molar-refractivity contribution in [3.8, 4) is 0 Å². The number of amides is 1. The molecule has 1 unspecified atom stereocenters. The molecule has 1 amide bonds. The molecule has 1 aromatic heterocycles. The van der Waals surface area contributed by atoms with Crippen molar-refractivity contribution in [1.82, 2.24) is 14.9 Å². The Morgan fingerprint density at radius 1 is 1.21 bits per heavy atom. The zero-order valence-electron chi connectivity index (χ0n) is 18.0. The number of likely N-dealkylation sites (N-methyl/N-ethyl adjacent to an activating group) is 1. The molecule has 7 nitrogen and oxygen atoms in total. The first kappa shape index (κ1) is 28.1. The molecule has 1 aromatic rings. The zero-order chi connectivity index (χ0) is 22.5. The van der Waals surface area contributed by atoms with E-state index < -0.39 is 23.4 Å². The van der Waals surface area contributed by atoms with Gasteiger partial charge >= 0.3 is 12.3 Å². The molecule has 1 rings (SSSR count). The maximum atomic E-state index is 12.5. The van der Waals surface area contributed by atoms with Crippen LogP contribution in [0.5, 0.6) is 0 Å². The van der Waals surface area contributed by atoms with Gasteiger partial charge in [-0.15, -0.1) is 0 Å². The van der Waals surface area contributed by atoms with Gasteiger partial charge in [0, 0.05) is 31.5 Å². The molecule has 0 aliphatic carbocycles. The van der Waals surface area contributed by atoms with Crippen LogP contribution in [0.4, 0.5) is 23.9 Å². The Morgan fingerprint density at radius 3 is 2.04 bits per heavy atom. The smallest absolute Gasteiger partial charge is 0.419 e. The molecule has 0 radical (unpaired) electrons. The van der Waals surface area contributed by atoms with Crippen molar-refractivity contribution in [2.24, 2.45) is 5.73 Å². The van der Waals surface area contributed by atoms with Gasteiger partial charge in [-0.3, -0.25) is 0 Å². The van der Waals surface area contributed by atoms with Crippen LogP contribution in [0.25, 0.3) is 0 Å². The largest absolute Gasteiger partial charge is 0.444 e. The van der Waals surface area contributed by atoms with Crippen LogP contribution in [0.3, 0.4) is 0 Å². The molecule has 28 heavy (non-hydrogen) atoms. The number of alkyl halides is 3. The van der Waals surface area contributed by atoms with Gasteiger partial charge in [0.15, 0.2) is 0 Å². The summed E-state index contributed by atoms with van der Waals surface area (Å²) in [7, 11) is 1.50. The topological polar surface area (TPSA) is 93.4 Å². The van der Waals surface area contributed by atoms with Gasteiger partial charge in [-0.05, 0) is 41.7 Å². The van der Waals surface area contributed by atoms with Gasteiger partial charge in [-0.1, -0.05) is 13.8 Å². The fourth-order valence-electron chi connectivity index (χ4n) is 1.86. The normalized spacial score (nSPS) is 11.9. The molecule has 0 bridgehead atoms. The number of anilines is 1. The lowest BCUT2D eigenvalue weighted by atomic mass is 10.2. The third-order valence-electron chi connectivity index (χ3n) is 3.04. The third-order valence-corrected chi connectivity index (χ3v) is 3.04. The van der Waals surface area contributed by atoms with E-state index in [0.717, 1.165) is 0 Å². The Labute approximate surface area is 165 Å². The summed E-state index contributed by atoms with van der Waals surface area (Å²) in [6, 6.07) is -0.254. The predicted molar refractivity (Wildman–Crippen MR) is 105 cm³/mol. The first-order chi connectivity index (χ1) is 12.9. The first-order valence-corrected chi connectivity index (χ1v) is 9.14. The molecular weight excluding hydrogens is 375 g/mol. The number of nitrogens with two attached hydrogens (primary N) is 1. The van der Waals surface area contributed by atoms with E-state index in [1.54, 1.807) is 27.7 Å². The summed E-state index contributed by atoms with van der Waals surface area (Å²) in [5.41, 5.74) is 2.99. The second-order valence-corrected chi connectivity index (χ2v) is 6.29. The van der Waals surface area contributed by atoms with Crippen molar-refractivity contribution in [2.45, 2.75) is 66.3 Å².